The number of nitrogens with one attached hydrogen (secondary N) is 1. The summed E-state index contributed by atoms with van der Waals surface area (Å²) >= 11 is 0. The summed E-state index contributed by atoms with van der Waals surface area (Å²) in [5, 5.41) is 23.8. The molecular weight excluding hydrogens is 326 g/mol. The summed E-state index contributed by atoms with van der Waals surface area (Å²) in [5.74, 6) is 0.796. The predicted molar refractivity (Wildman–Crippen MR) is 101 cm³/mol. The summed E-state index contributed by atoms with van der Waals surface area (Å²) in [4.78, 5) is 0. The minimum atomic E-state index is -0.547. The van der Waals surface area contributed by atoms with Gasteiger partial charge in [0.05, 0.1) is 6.10 Å². The maximum atomic E-state index is 10.3. The molecule has 0 aliphatic heterocycles. The lowest BCUT2D eigenvalue weighted by Crippen LogP contribution is -2.40. The number of aliphatic hydroxyl groups is 2. The van der Waals surface area contributed by atoms with Gasteiger partial charge in [-0.2, -0.15) is 0 Å². The van der Waals surface area contributed by atoms with Gasteiger partial charge in [-0.3, -0.25) is 0 Å². The molecule has 0 heterocycles. The van der Waals surface area contributed by atoms with Crippen molar-refractivity contribution in [1.29, 1.82) is 0 Å². The Hall–Kier alpha value is -1.88. The van der Waals surface area contributed by atoms with Crippen LogP contribution in [-0.2, 0) is 19.3 Å². The molecule has 138 valence electrons. The van der Waals surface area contributed by atoms with Crippen molar-refractivity contribution < 1.29 is 14.9 Å². The van der Waals surface area contributed by atoms with E-state index in [9.17, 15) is 10.2 Å². The van der Waals surface area contributed by atoms with Crippen molar-refractivity contribution in [1.82, 2.24) is 5.32 Å². The van der Waals surface area contributed by atoms with Gasteiger partial charge in [-0.25, -0.2) is 0 Å². The normalized spacial score (nSPS) is 22.5. The highest BCUT2D eigenvalue weighted by molar-refractivity contribution is 5.44. The van der Waals surface area contributed by atoms with Crippen molar-refractivity contribution in [2.24, 2.45) is 0 Å². The largest absolute Gasteiger partial charge is 0.491 e. The minimum Gasteiger partial charge on any atom is -0.491 e. The zero-order chi connectivity index (χ0) is 17.9. The van der Waals surface area contributed by atoms with E-state index in [1.165, 1.54) is 11.1 Å². The average Bonchev–Trinajstić information content (AvgIpc) is 3.06. The fourth-order valence-corrected chi connectivity index (χ4v) is 4.15. The van der Waals surface area contributed by atoms with Crippen LogP contribution in [0.25, 0.3) is 0 Å². The van der Waals surface area contributed by atoms with E-state index in [0.717, 1.165) is 49.0 Å². The molecule has 26 heavy (non-hydrogen) atoms. The Morgan fingerprint density at radius 1 is 1.04 bits per heavy atom. The summed E-state index contributed by atoms with van der Waals surface area (Å²) in [6, 6.07) is 14.8. The van der Waals surface area contributed by atoms with Gasteiger partial charge in [-0.15, -0.1) is 0 Å². The van der Waals surface area contributed by atoms with Gasteiger partial charge in [0.25, 0.3) is 0 Å². The maximum absolute atomic E-state index is 10.3. The second kappa shape index (κ2) is 7.78. The molecule has 0 amide bonds. The lowest BCUT2D eigenvalue weighted by molar-refractivity contribution is 0.102. The highest BCUT2D eigenvalue weighted by Gasteiger charge is 2.24. The summed E-state index contributed by atoms with van der Waals surface area (Å²) in [6.45, 7) is 0.799. The molecule has 0 saturated heterocycles. The number of fused-ring (bicyclic) bond motifs is 2. The van der Waals surface area contributed by atoms with Crippen LogP contribution in [0.1, 0.15) is 41.2 Å². The number of hydrogen-bond acceptors (Lipinski definition) is 4. The highest BCUT2D eigenvalue weighted by atomic mass is 16.5. The Morgan fingerprint density at radius 2 is 1.88 bits per heavy atom. The second-order valence-electron chi connectivity index (χ2n) is 7.46. The number of benzene rings is 2. The Bertz CT molecular complexity index is 761. The van der Waals surface area contributed by atoms with Crippen molar-refractivity contribution >= 4 is 0 Å². The van der Waals surface area contributed by atoms with E-state index in [-0.39, 0.29) is 12.7 Å². The van der Waals surface area contributed by atoms with Crippen LogP contribution < -0.4 is 10.1 Å². The van der Waals surface area contributed by atoms with Gasteiger partial charge in [0.2, 0.25) is 0 Å². The van der Waals surface area contributed by atoms with E-state index in [4.69, 9.17) is 4.74 Å². The topological polar surface area (TPSA) is 61.7 Å². The molecule has 2 aromatic carbocycles. The van der Waals surface area contributed by atoms with E-state index in [2.05, 4.69) is 29.6 Å². The van der Waals surface area contributed by atoms with Crippen molar-refractivity contribution in [2.45, 2.75) is 50.4 Å². The third-order valence-corrected chi connectivity index (χ3v) is 5.62. The number of aliphatic hydroxyl groups excluding tert-OH is 2. The number of ether oxygens (including phenoxy) is 1. The van der Waals surface area contributed by atoms with Gasteiger partial charge < -0.3 is 20.3 Å². The molecule has 0 fully saturated rings. The Labute approximate surface area is 154 Å². The van der Waals surface area contributed by atoms with Crippen LogP contribution in [0.3, 0.4) is 0 Å². The fraction of sp³-hybridized carbons (Fsp3) is 0.455. The third kappa shape index (κ3) is 3.78. The molecule has 2 aliphatic rings. The molecule has 0 spiro atoms. The summed E-state index contributed by atoms with van der Waals surface area (Å²) in [6.07, 6.45) is 3.89. The smallest absolute Gasteiger partial charge is 0.122 e. The number of aryl methyl sites for hydroxylation is 1. The molecule has 0 radical (unpaired) electrons. The van der Waals surface area contributed by atoms with E-state index in [1.54, 1.807) is 0 Å². The van der Waals surface area contributed by atoms with Crippen LogP contribution in [-0.4, -0.2) is 35.5 Å². The molecule has 4 heteroatoms. The second-order valence-corrected chi connectivity index (χ2v) is 7.46. The zero-order valence-corrected chi connectivity index (χ0v) is 15.0. The first kappa shape index (κ1) is 17.5. The summed E-state index contributed by atoms with van der Waals surface area (Å²) < 4.78 is 5.85. The number of rotatable bonds is 6. The Balaban J connectivity index is 1.26. The quantitative estimate of drug-likeness (QED) is 0.747. The van der Waals surface area contributed by atoms with Crippen LogP contribution in [0.15, 0.2) is 42.5 Å². The predicted octanol–water partition coefficient (Wildman–Crippen LogP) is 2.55. The number of hydrogen-bond donors (Lipinski definition) is 3. The molecule has 0 saturated carbocycles. The summed E-state index contributed by atoms with van der Waals surface area (Å²) in [7, 11) is 0. The molecule has 3 unspecified atom stereocenters. The van der Waals surface area contributed by atoms with Crippen LogP contribution in [0, 0.1) is 0 Å². The van der Waals surface area contributed by atoms with Gasteiger partial charge >= 0.3 is 0 Å². The molecule has 4 rings (SSSR count). The van der Waals surface area contributed by atoms with Crippen molar-refractivity contribution in [3.05, 3.63) is 64.7 Å². The monoisotopic (exact) mass is 353 g/mol. The molecule has 4 nitrogen and oxygen atoms in total. The molecule has 0 bridgehead atoms. The van der Waals surface area contributed by atoms with Gasteiger partial charge in [0.1, 0.15) is 18.5 Å². The lowest BCUT2D eigenvalue weighted by Gasteiger charge is -2.26. The van der Waals surface area contributed by atoms with Crippen LogP contribution in [0.4, 0.5) is 0 Å². The Kier molecular flexibility index (Phi) is 5.25. The zero-order valence-electron chi connectivity index (χ0n) is 15.0. The SMILES string of the molecule is OC(CNC1CCc2ccccc2C1)COc1cccc2c1CCC2O. The Morgan fingerprint density at radius 3 is 2.77 bits per heavy atom. The maximum Gasteiger partial charge on any atom is 0.122 e. The van der Waals surface area contributed by atoms with Crippen LogP contribution in [0.2, 0.25) is 0 Å². The molecule has 3 N–H and O–H groups in total. The van der Waals surface area contributed by atoms with Crippen molar-refractivity contribution in [2.75, 3.05) is 13.2 Å². The fourth-order valence-electron chi connectivity index (χ4n) is 4.15. The first-order chi connectivity index (χ1) is 12.7. The first-order valence-corrected chi connectivity index (χ1v) is 9.61. The van der Waals surface area contributed by atoms with E-state index in [1.807, 2.05) is 18.2 Å². The van der Waals surface area contributed by atoms with Crippen molar-refractivity contribution in [3.63, 3.8) is 0 Å². The van der Waals surface area contributed by atoms with Crippen LogP contribution >= 0.6 is 0 Å². The van der Waals surface area contributed by atoms with E-state index < -0.39 is 6.10 Å². The van der Waals surface area contributed by atoms with Crippen LogP contribution in [0.5, 0.6) is 5.75 Å². The standard InChI is InChI=1S/C22H27NO3/c24-18(13-23-17-9-8-15-4-1-2-5-16(15)12-17)14-26-22-7-3-6-19-20(22)10-11-21(19)25/h1-7,17-18,21,23-25H,8-14H2. The van der Waals surface area contributed by atoms with Gasteiger partial charge in [-0.05, 0) is 54.9 Å². The summed E-state index contributed by atoms with van der Waals surface area (Å²) in [5.41, 5.74) is 4.93. The molecular formula is C22H27NO3. The molecule has 0 aromatic heterocycles. The van der Waals surface area contributed by atoms with E-state index in [0.29, 0.717) is 12.6 Å². The van der Waals surface area contributed by atoms with Gasteiger partial charge in [0, 0.05) is 18.2 Å². The first-order valence-electron chi connectivity index (χ1n) is 9.61. The highest BCUT2D eigenvalue weighted by Crippen LogP contribution is 2.36. The third-order valence-electron chi connectivity index (χ3n) is 5.62. The van der Waals surface area contributed by atoms with Gasteiger partial charge in [-0.1, -0.05) is 36.4 Å². The van der Waals surface area contributed by atoms with Crippen molar-refractivity contribution in [3.8, 4) is 5.75 Å². The minimum absolute atomic E-state index is 0.267. The average molecular weight is 353 g/mol. The molecule has 2 aliphatic carbocycles. The molecule has 2 aromatic rings. The lowest BCUT2D eigenvalue weighted by atomic mass is 9.88. The molecule has 3 atom stereocenters. The van der Waals surface area contributed by atoms with E-state index >= 15 is 0 Å². The van der Waals surface area contributed by atoms with Gasteiger partial charge in [0.15, 0.2) is 0 Å².